The van der Waals surface area contributed by atoms with E-state index in [1.54, 1.807) is 0 Å². The minimum absolute atomic E-state index is 0.347. The Morgan fingerprint density at radius 3 is 2.81 bits per heavy atom. The fourth-order valence-corrected chi connectivity index (χ4v) is 3.96. The van der Waals surface area contributed by atoms with Gasteiger partial charge in [-0.05, 0) is 23.8 Å². The number of benzene rings is 2. The molecule has 0 saturated heterocycles. The third kappa shape index (κ3) is 2.33. The van der Waals surface area contributed by atoms with Gasteiger partial charge in [0.2, 0.25) is 5.79 Å². The SMILES string of the molecule is CC1(C)Oc2ccc(NC3CSc4ccccc43)cc2O1. The van der Waals surface area contributed by atoms with Crippen LogP contribution in [0.1, 0.15) is 25.5 Å². The molecule has 0 fully saturated rings. The monoisotopic (exact) mass is 299 g/mol. The average Bonchev–Trinajstić information content (AvgIpc) is 2.98. The van der Waals surface area contributed by atoms with Crippen LogP contribution in [0.25, 0.3) is 0 Å². The topological polar surface area (TPSA) is 30.5 Å². The largest absolute Gasteiger partial charge is 0.449 e. The van der Waals surface area contributed by atoms with E-state index in [2.05, 4.69) is 35.6 Å². The Kier molecular flexibility index (Phi) is 2.82. The van der Waals surface area contributed by atoms with Gasteiger partial charge in [0, 0.05) is 36.2 Å². The number of anilines is 1. The molecule has 0 bridgehead atoms. The minimum Gasteiger partial charge on any atom is -0.449 e. The van der Waals surface area contributed by atoms with Gasteiger partial charge in [0.05, 0.1) is 6.04 Å². The molecule has 2 aromatic carbocycles. The number of ether oxygens (including phenoxy) is 2. The lowest BCUT2D eigenvalue weighted by Crippen LogP contribution is -2.29. The van der Waals surface area contributed by atoms with Crippen molar-refractivity contribution in [1.82, 2.24) is 0 Å². The van der Waals surface area contributed by atoms with Crippen LogP contribution in [0.2, 0.25) is 0 Å². The summed E-state index contributed by atoms with van der Waals surface area (Å²) in [5, 5.41) is 3.60. The normalized spacial score (nSPS) is 21.1. The molecule has 2 aliphatic rings. The smallest absolute Gasteiger partial charge is 0.246 e. The molecule has 2 aromatic rings. The quantitative estimate of drug-likeness (QED) is 0.887. The highest BCUT2D eigenvalue weighted by Crippen LogP contribution is 2.43. The number of rotatable bonds is 2. The third-order valence-electron chi connectivity index (χ3n) is 3.70. The van der Waals surface area contributed by atoms with Crippen molar-refractivity contribution < 1.29 is 9.47 Å². The van der Waals surface area contributed by atoms with Gasteiger partial charge in [-0.15, -0.1) is 11.8 Å². The van der Waals surface area contributed by atoms with Gasteiger partial charge >= 0.3 is 0 Å². The number of thioether (sulfide) groups is 1. The van der Waals surface area contributed by atoms with Gasteiger partial charge in [-0.25, -0.2) is 0 Å². The van der Waals surface area contributed by atoms with Crippen molar-refractivity contribution in [2.24, 2.45) is 0 Å². The van der Waals surface area contributed by atoms with Crippen LogP contribution in [0.4, 0.5) is 5.69 Å². The Morgan fingerprint density at radius 1 is 1.10 bits per heavy atom. The van der Waals surface area contributed by atoms with Gasteiger partial charge in [0.1, 0.15) is 0 Å². The maximum atomic E-state index is 5.80. The van der Waals surface area contributed by atoms with Crippen LogP contribution in [0.15, 0.2) is 47.4 Å². The average molecular weight is 299 g/mol. The first-order chi connectivity index (χ1) is 10.1. The molecule has 4 rings (SSSR count). The summed E-state index contributed by atoms with van der Waals surface area (Å²) in [6, 6.07) is 15.0. The van der Waals surface area contributed by atoms with Gasteiger partial charge in [-0.3, -0.25) is 0 Å². The Bertz CT molecular complexity index is 699. The van der Waals surface area contributed by atoms with Gasteiger partial charge in [0.25, 0.3) is 0 Å². The van der Waals surface area contributed by atoms with Crippen LogP contribution in [-0.4, -0.2) is 11.5 Å². The maximum absolute atomic E-state index is 5.80. The van der Waals surface area contributed by atoms with Crippen molar-refractivity contribution in [3.05, 3.63) is 48.0 Å². The van der Waals surface area contributed by atoms with Crippen molar-refractivity contribution in [3.63, 3.8) is 0 Å². The van der Waals surface area contributed by atoms with Crippen LogP contribution >= 0.6 is 11.8 Å². The molecule has 0 aromatic heterocycles. The van der Waals surface area contributed by atoms with Crippen molar-refractivity contribution in [2.45, 2.75) is 30.6 Å². The molecule has 0 amide bonds. The fraction of sp³-hybridized carbons (Fsp3) is 0.294. The second-order valence-electron chi connectivity index (χ2n) is 5.81. The molecule has 1 atom stereocenters. The Labute approximate surface area is 128 Å². The van der Waals surface area contributed by atoms with E-state index in [1.807, 2.05) is 37.7 Å². The van der Waals surface area contributed by atoms with Crippen molar-refractivity contribution in [3.8, 4) is 11.5 Å². The Morgan fingerprint density at radius 2 is 1.90 bits per heavy atom. The van der Waals surface area contributed by atoms with Crippen LogP contribution < -0.4 is 14.8 Å². The number of nitrogens with one attached hydrogen (secondary N) is 1. The molecule has 21 heavy (non-hydrogen) atoms. The van der Waals surface area contributed by atoms with E-state index in [4.69, 9.17) is 9.47 Å². The lowest BCUT2D eigenvalue weighted by Gasteiger charge is -2.16. The summed E-state index contributed by atoms with van der Waals surface area (Å²) in [5.41, 5.74) is 2.44. The molecule has 0 radical (unpaired) electrons. The van der Waals surface area contributed by atoms with Crippen LogP contribution in [0.5, 0.6) is 11.5 Å². The molecule has 4 heteroatoms. The summed E-state index contributed by atoms with van der Waals surface area (Å²) in [4.78, 5) is 1.37. The first-order valence-electron chi connectivity index (χ1n) is 7.11. The summed E-state index contributed by atoms with van der Waals surface area (Å²) < 4.78 is 11.5. The molecular weight excluding hydrogens is 282 g/mol. The van der Waals surface area contributed by atoms with E-state index in [1.165, 1.54) is 10.5 Å². The second-order valence-corrected chi connectivity index (χ2v) is 6.87. The van der Waals surface area contributed by atoms with Gasteiger partial charge < -0.3 is 14.8 Å². The molecule has 1 unspecified atom stereocenters. The van der Waals surface area contributed by atoms with E-state index in [0.29, 0.717) is 6.04 Å². The zero-order valence-corrected chi connectivity index (χ0v) is 12.9. The molecule has 0 aliphatic carbocycles. The van der Waals surface area contributed by atoms with Crippen LogP contribution in [-0.2, 0) is 0 Å². The molecule has 108 valence electrons. The highest BCUT2D eigenvalue weighted by Gasteiger charge is 2.32. The number of hydrogen-bond donors (Lipinski definition) is 1. The standard InChI is InChI=1S/C17H17NO2S/c1-17(2)19-14-8-7-11(9-15(14)20-17)18-13-10-21-16-6-4-3-5-12(13)16/h3-9,13,18H,10H2,1-2H3. The van der Waals surface area contributed by atoms with E-state index in [9.17, 15) is 0 Å². The number of fused-ring (bicyclic) bond motifs is 2. The first kappa shape index (κ1) is 12.9. The highest BCUT2D eigenvalue weighted by molar-refractivity contribution is 7.99. The molecule has 0 saturated carbocycles. The lowest BCUT2D eigenvalue weighted by molar-refractivity contribution is -0.0431. The minimum atomic E-state index is -0.573. The number of hydrogen-bond acceptors (Lipinski definition) is 4. The zero-order valence-electron chi connectivity index (χ0n) is 12.1. The van der Waals surface area contributed by atoms with Crippen molar-refractivity contribution in [1.29, 1.82) is 0 Å². The Hall–Kier alpha value is -1.81. The fourth-order valence-electron chi connectivity index (χ4n) is 2.80. The van der Waals surface area contributed by atoms with Crippen LogP contribution in [0.3, 0.4) is 0 Å². The van der Waals surface area contributed by atoms with E-state index < -0.39 is 5.79 Å². The molecule has 0 spiro atoms. The summed E-state index contributed by atoms with van der Waals surface area (Å²) in [7, 11) is 0. The molecule has 2 aliphatic heterocycles. The third-order valence-corrected chi connectivity index (χ3v) is 4.88. The van der Waals surface area contributed by atoms with Gasteiger partial charge in [-0.1, -0.05) is 18.2 Å². The molecule has 2 heterocycles. The van der Waals surface area contributed by atoms with E-state index in [0.717, 1.165) is 22.9 Å². The first-order valence-corrected chi connectivity index (χ1v) is 8.10. The predicted octanol–water partition coefficient (Wildman–Crippen LogP) is 4.45. The summed E-state index contributed by atoms with van der Waals surface area (Å²) >= 11 is 1.90. The van der Waals surface area contributed by atoms with Gasteiger partial charge in [0.15, 0.2) is 11.5 Å². The lowest BCUT2D eigenvalue weighted by atomic mass is 10.1. The van der Waals surface area contributed by atoms with Gasteiger partial charge in [-0.2, -0.15) is 0 Å². The predicted molar refractivity (Wildman–Crippen MR) is 85.3 cm³/mol. The van der Waals surface area contributed by atoms with Crippen molar-refractivity contribution in [2.75, 3.05) is 11.1 Å². The van der Waals surface area contributed by atoms with Crippen LogP contribution in [0, 0.1) is 0 Å². The summed E-state index contributed by atoms with van der Waals surface area (Å²) in [6.07, 6.45) is 0. The molecule has 1 N–H and O–H groups in total. The zero-order chi connectivity index (χ0) is 14.4. The van der Waals surface area contributed by atoms with E-state index >= 15 is 0 Å². The van der Waals surface area contributed by atoms with Crippen molar-refractivity contribution >= 4 is 17.4 Å². The highest BCUT2D eigenvalue weighted by atomic mass is 32.2. The summed E-state index contributed by atoms with van der Waals surface area (Å²) in [6.45, 7) is 3.84. The molecule has 3 nitrogen and oxygen atoms in total. The maximum Gasteiger partial charge on any atom is 0.246 e. The molecular formula is C17H17NO2S. The summed E-state index contributed by atoms with van der Waals surface area (Å²) in [5.74, 6) is 2.10. The van der Waals surface area contributed by atoms with E-state index in [-0.39, 0.29) is 0 Å². The Balaban J connectivity index is 1.57. The second kappa shape index (κ2) is 4.60.